The van der Waals surface area contributed by atoms with E-state index in [2.05, 4.69) is 29.2 Å². The van der Waals surface area contributed by atoms with Crippen LogP contribution in [0.3, 0.4) is 0 Å². The molecule has 1 aliphatic carbocycles. The molecule has 1 saturated heterocycles. The predicted molar refractivity (Wildman–Crippen MR) is 114 cm³/mol. The van der Waals surface area contributed by atoms with Crippen molar-refractivity contribution in [2.45, 2.75) is 25.7 Å². The van der Waals surface area contributed by atoms with E-state index >= 15 is 0 Å². The summed E-state index contributed by atoms with van der Waals surface area (Å²) >= 11 is 0. The molecule has 2 aromatic carbocycles. The molecule has 1 amide bonds. The molecule has 2 heterocycles. The van der Waals surface area contributed by atoms with E-state index in [1.807, 2.05) is 29.2 Å². The third-order valence-corrected chi connectivity index (χ3v) is 6.04. The molecule has 1 fully saturated rings. The van der Waals surface area contributed by atoms with Crippen molar-refractivity contribution in [2.24, 2.45) is 0 Å². The number of amides is 1. The first-order valence-corrected chi connectivity index (χ1v) is 10.5. The number of aryl methyl sites for hydroxylation is 2. The Hall–Kier alpha value is -2.95. The smallest absolute Gasteiger partial charge is 0.260 e. The first-order valence-electron chi connectivity index (χ1n) is 10.5. The number of benzene rings is 2. The third kappa shape index (κ3) is 3.69. The molecule has 0 bridgehead atoms. The quantitative estimate of drug-likeness (QED) is 0.675. The van der Waals surface area contributed by atoms with Gasteiger partial charge < -0.3 is 19.0 Å². The first-order chi connectivity index (χ1) is 14.3. The third-order valence-electron chi connectivity index (χ3n) is 6.04. The molecule has 5 heteroatoms. The molecule has 150 valence electrons. The zero-order valence-corrected chi connectivity index (χ0v) is 16.6. The highest BCUT2D eigenvalue weighted by Crippen LogP contribution is 2.34. The number of anilines is 1. The molecule has 0 spiro atoms. The van der Waals surface area contributed by atoms with Crippen molar-refractivity contribution in [3.05, 3.63) is 59.9 Å². The summed E-state index contributed by atoms with van der Waals surface area (Å²) in [6.07, 6.45) is 4.49. The molecule has 0 radical (unpaired) electrons. The van der Waals surface area contributed by atoms with Crippen LogP contribution < -0.4 is 9.64 Å². The fourth-order valence-corrected chi connectivity index (χ4v) is 4.42. The van der Waals surface area contributed by atoms with Crippen molar-refractivity contribution in [2.75, 3.05) is 37.7 Å². The Morgan fingerprint density at radius 3 is 2.59 bits per heavy atom. The minimum absolute atomic E-state index is 0.0482. The summed E-state index contributed by atoms with van der Waals surface area (Å²) in [6.45, 7) is 3.24. The lowest BCUT2D eigenvalue weighted by molar-refractivity contribution is -0.133. The summed E-state index contributed by atoms with van der Waals surface area (Å²) in [5.74, 6) is 1.91. The summed E-state index contributed by atoms with van der Waals surface area (Å²) in [4.78, 5) is 16.8. The summed E-state index contributed by atoms with van der Waals surface area (Å²) < 4.78 is 11.8. The van der Waals surface area contributed by atoms with E-state index in [-0.39, 0.29) is 12.5 Å². The zero-order chi connectivity index (χ0) is 19.6. The van der Waals surface area contributed by atoms with E-state index in [1.54, 1.807) is 0 Å². The maximum Gasteiger partial charge on any atom is 0.260 e. The van der Waals surface area contributed by atoms with Gasteiger partial charge >= 0.3 is 0 Å². The van der Waals surface area contributed by atoms with Crippen LogP contribution in [0.2, 0.25) is 0 Å². The van der Waals surface area contributed by atoms with E-state index in [4.69, 9.17) is 9.15 Å². The molecular formula is C24H26N2O3. The van der Waals surface area contributed by atoms with Crippen LogP contribution in [0, 0.1) is 0 Å². The van der Waals surface area contributed by atoms with Crippen LogP contribution in [0.4, 0.5) is 5.69 Å². The number of ether oxygens (including phenoxy) is 1. The number of para-hydroxylation sites is 1. The lowest BCUT2D eigenvalue weighted by Gasteiger charge is -2.36. The summed E-state index contributed by atoms with van der Waals surface area (Å²) in [5.41, 5.74) is 3.46. The van der Waals surface area contributed by atoms with Crippen LogP contribution in [0.15, 0.2) is 52.9 Å². The van der Waals surface area contributed by atoms with Gasteiger partial charge in [-0.15, -0.1) is 0 Å². The van der Waals surface area contributed by atoms with Gasteiger partial charge in [0.1, 0.15) is 17.1 Å². The van der Waals surface area contributed by atoms with Crippen LogP contribution in [-0.4, -0.2) is 43.6 Å². The molecule has 5 nitrogen and oxygen atoms in total. The predicted octanol–water partition coefficient (Wildman–Crippen LogP) is 4.04. The Labute approximate surface area is 170 Å². The minimum Gasteiger partial charge on any atom is -0.484 e. The Kier molecular flexibility index (Phi) is 4.88. The standard InChI is InChI=1S/C24H26N2O3/c27-24(26-14-12-25(13-15-26)18-6-2-1-3-7-18)17-28-19-10-11-23-21(16-19)20-8-4-5-9-22(20)29-23/h1-3,6-7,10-11,16H,4-5,8-9,12-15,17H2. The van der Waals surface area contributed by atoms with Crippen molar-refractivity contribution >= 4 is 22.6 Å². The SMILES string of the molecule is O=C(COc1ccc2oc3c(c2c1)CCCC3)N1CCN(c2ccccc2)CC1. The summed E-state index contributed by atoms with van der Waals surface area (Å²) in [6, 6.07) is 16.3. The maximum absolute atomic E-state index is 12.6. The van der Waals surface area contributed by atoms with Crippen LogP contribution >= 0.6 is 0 Å². The molecule has 0 atom stereocenters. The average molecular weight is 390 g/mol. The largest absolute Gasteiger partial charge is 0.484 e. The molecular weight excluding hydrogens is 364 g/mol. The zero-order valence-electron chi connectivity index (χ0n) is 16.6. The van der Waals surface area contributed by atoms with E-state index in [0.29, 0.717) is 0 Å². The second kappa shape index (κ2) is 7.82. The Balaban J connectivity index is 1.19. The number of rotatable bonds is 4. The minimum atomic E-state index is 0.0482. The monoisotopic (exact) mass is 390 g/mol. The van der Waals surface area contributed by atoms with E-state index in [0.717, 1.165) is 61.5 Å². The molecule has 5 rings (SSSR count). The number of nitrogens with zero attached hydrogens (tertiary/aromatic N) is 2. The lowest BCUT2D eigenvalue weighted by atomic mass is 9.96. The van der Waals surface area contributed by atoms with Gasteiger partial charge in [0.05, 0.1) is 0 Å². The van der Waals surface area contributed by atoms with Gasteiger partial charge in [0.15, 0.2) is 6.61 Å². The topological polar surface area (TPSA) is 45.9 Å². The number of fused-ring (bicyclic) bond motifs is 3. The van der Waals surface area contributed by atoms with Gasteiger partial charge in [-0.2, -0.15) is 0 Å². The molecule has 0 unspecified atom stereocenters. The highest BCUT2D eigenvalue weighted by atomic mass is 16.5. The molecule has 1 aromatic heterocycles. The number of furan rings is 1. The van der Waals surface area contributed by atoms with Crippen LogP contribution in [-0.2, 0) is 17.6 Å². The van der Waals surface area contributed by atoms with Gasteiger partial charge in [-0.05, 0) is 49.6 Å². The second-order valence-electron chi connectivity index (χ2n) is 7.86. The van der Waals surface area contributed by atoms with Gasteiger partial charge in [0.2, 0.25) is 0 Å². The molecule has 0 N–H and O–H groups in total. The molecule has 0 saturated carbocycles. The van der Waals surface area contributed by atoms with Crippen LogP contribution in [0.1, 0.15) is 24.2 Å². The van der Waals surface area contributed by atoms with Crippen molar-refractivity contribution in [1.29, 1.82) is 0 Å². The number of carbonyl (C=O) groups excluding carboxylic acids is 1. The Morgan fingerprint density at radius 2 is 1.76 bits per heavy atom. The second-order valence-corrected chi connectivity index (χ2v) is 7.86. The van der Waals surface area contributed by atoms with E-state index in [9.17, 15) is 4.79 Å². The van der Waals surface area contributed by atoms with Gasteiger partial charge in [-0.1, -0.05) is 18.2 Å². The van der Waals surface area contributed by atoms with Crippen LogP contribution in [0.5, 0.6) is 5.75 Å². The fraction of sp³-hybridized carbons (Fsp3) is 0.375. The molecule has 3 aromatic rings. The van der Waals surface area contributed by atoms with Crippen LogP contribution in [0.25, 0.3) is 11.0 Å². The highest BCUT2D eigenvalue weighted by molar-refractivity contribution is 5.84. The van der Waals surface area contributed by atoms with Crippen molar-refractivity contribution in [3.63, 3.8) is 0 Å². The summed E-state index contributed by atoms with van der Waals surface area (Å²) in [7, 11) is 0. The Morgan fingerprint density at radius 1 is 0.966 bits per heavy atom. The average Bonchev–Trinajstić information content (AvgIpc) is 3.16. The van der Waals surface area contributed by atoms with Crippen molar-refractivity contribution in [3.8, 4) is 5.75 Å². The normalized spacial score (nSPS) is 16.7. The van der Waals surface area contributed by atoms with E-state index < -0.39 is 0 Å². The number of hydrogen-bond acceptors (Lipinski definition) is 4. The number of carbonyl (C=O) groups is 1. The number of hydrogen-bond donors (Lipinski definition) is 0. The van der Waals surface area contributed by atoms with Crippen molar-refractivity contribution < 1.29 is 13.9 Å². The van der Waals surface area contributed by atoms with E-state index in [1.165, 1.54) is 24.1 Å². The molecule has 2 aliphatic rings. The van der Waals surface area contributed by atoms with Gasteiger partial charge in [0, 0.05) is 49.2 Å². The van der Waals surface area contributed by atoms with Gasteiger partial charge in [0.25, 0.3) is 5.91 Å². The molecule has 29 heavy (non-hydrogen) atoms. The van der Waals surface area contributed by atoms with Crippen molar-refractivity contribution in [1.82, 2.24) is 4.90 Å². The highest BCUT2D eigenvalue weighted by Gasteiger charge is 2.22. The van der Waals surface area contributed by atoms with Gasteiger partial charge in [-0.25, -0.2) is 0 Å². The molecule has 1 aliphatic heterocycles. The maximum atomic E-state index is 12.6. The lowest BCUT2D eigenvalue weighted by Crippen LogP contribution is -2.50. The number of piperazine rings is 1. The first kappa shape index (κ1) is 18.1. The Bertz CT molecular complexity index is 1000. The summed E-state index contributed by atoms with van der Waals surface area (Å²) in [5, 5.41) is 1.14. The fourth-order valence-electron chi connectivity index (χ4n) is 4.42. The van der Waals surface area contributed by atoms with Gasteiger partial charge in [-0.3, -0.25) is 4.79 Å².